The highest BCUT2D eigenvalue weighted by Crippen LogP contribution is 2.69. The fourth-order valence-corrected chi connectivity index (χ4v) is 9.25. The molecule has 0 aliphatic heterocycles. The van der Waals surface area contributed by atoms with Crippen LogP contribution in [0.3, 0.4) is 0 Å². The number of hydrogen-bond donors (Lipinski definition) is 0. The molecule has 4 heteroatoms. The Morgan fingerprint density at radius 1 is 0.900 bits per heavy atom. The van der Waals surface area contributed by atoms with Crippen molar-refractivity contribution < 1.29 is 18.3 Å². The summed E-state index contributed by atoms with van der Waals surface area (Å²) in [6, 6.07) is 0. The number of hydrogen-bond acceptors (Lipinski definition) is 2. The summed E-state index contributed by atoms with van der Waals surface area (Å²) in [5.41, 5.74) is 0.119. The van der Waals surface area contributed by atoms with Crippen LogP contribution in [0.25, 0.3) is 0 Å². The molecule has 0 amide bonds. The van der Waals surface area contributed by atoms with Crippen LogP contribution in [0, 0.1) is 46.3 Å². The average Bonchev–Trinajstić information content (AvgIpc) is 3.11. The lowest BCUT2D eigenvalue weighted by molar-refractivity contribution is -0.166. The minimum atomic E-state index is -0.532. The van der Waals surface area contributed by atoms with Crippen LogP contribution < -0.4 is 0 Å². The quantitative estimate of drug-likeness (QED) is 0.475. The van der Waals surface area contributed by atoms with E-state index in [4.69, 9.17) is 9.47 Å². The lowest BCUT2D eigenvalue weighted by Crippen LogP contribution is -2.57. The fraction of sp³-hybridized carbons (Fsp3) is 1.00. The second kappa shape index (κ2) is 8.28. The van der Waals surface area contributed by atoms with Gasteiger partial charge in [-0.3, -0.25) is 0 Å². The van der Waals surface area contributed by atoms with E-state index in [1.54, 1.807) is 14.2 Å². The lowest BCUT2D eigenvalue weighted by Gasteiger charge is -2.62. The van der Waals surface area contributed by atoms with Crippen LogP contribution in [-0.4, -0.2) is 39.3 Å². The molecule has 2 nitrogen and oxygen atoms in total. The van der Waals surface area contributed by atoms with Crippen molar-refractivity contribution in [3.63, 3.8) is 0 Å². The molecule has 0 bridgehead atoms. The molecule has 0 saturated heterocycles. The van der Waals surface area contributed by atoms with E-state index >= 15 is 0 Å². The number of fused-ring (bicyclic) bond motifs is 5. The Bertz CT molecular complexity index is 604. The summed E-state index contributed by atoms with van der Waals surface area (Å²) < 4.78 is 38.7. The molecule has 30 heavy (non-hydrogen) atoms. The van der Waals surface area contributed by atoms with E-state index < -0.39 is 5.60 Å². The van der Waals surface area contributed by atoms with Crippen molar-refractivity contribution in [2.75, 3.05) is 27.6 Å². The van der Waals surface area contributed by atoms with Gasteiger partial charge in [0.2, 0.25) is 0 Å². The van der Waals surface area contributed by atoms with Gasteiger partial charge in [-0.25, -0.2) is 8.78 Å². The van der Waals surface area contributed by atoms with Crippen molar-refractivity contribution in [2.45, 2.75) is 90.3 Å². The van der Waals surface area contributed by atoms with E-state index in [1.165, 1.54) is 38.5 Å². The van der Waals surface area contributed by atoms with Crippen molar-refractivity contribution >= 4 is 0 Å². The molecule has 0 aromatic heterocycles. The molecule has 4 rings (SSSR count). The summed E-state index contributed by atoms with van der Waals surface area (Å²) >= 11 is 0. The third-order valence-electron chi connectivity index (χ3n) is 11.2. The van der Waals surface area contributed by atoms with Crippen molar-refractivity contribution in [2.24, 2.45) is 46.3 Å². The van der Waals surface area contributed by atoms with Gasteiger partial charge in [0, 0.05) is 14.2 Å². The highest BCUT2D eigenvalue weighted by atomic mass is 19.1. The van der Waals surface area contributed by atoms with Crippen LogP contribution in [0.2, 0.25) is 0 Å². The summed E-state index contributed by atoms with van der Waals surface area (Å²) in [4.78, 5) is 0. The van der Waals surface area contributed by atoms with Gasteiger partial charge in [-0.15, -0.1) is 0 Å². The minimum Gasteiger partial charge on any atom is -0.378 e. The first-order chi connectivity index (χ1) is 14.3. The van der Waals surface area contributed by atoms with Gasteiger partial charge < -0.3 is 9.47 Å². The van der Waals surface area contributed by atoms with Gasteiger partial charge in [-0.1, -0.05) is 20.8 Å². The Kier molecular flexibility index (Phi) is 6.34. The normalized spacial score (nSPS) is 50.3. The summed E-state index contributed by atoms with van der Waals surface area (Å²) in [6.45, 7) is 6.53. The Morgan fingerprint density at radius 3 is 2.27 bits per heavy atom. The van der Waals surface area contributed by atoms with Gasteiger partial charge in [0.05, 0.1) is 11.7 Å². The molecule has 0 heterocycles. The third-order valence-corrected chi connectivity index (χ3v) is 11.2. The maximum Gasteiger partial charge on any atom is 0.118 e. The van der Waals surface area contributed by atoms with Gasteiger partial charge in [0.1, 0.15) is 13.3 Å². The number of methoxy groups -OCH3 is 2. The SMILES string of the molecule is CO[C@H](CF)[C@@H](C)[C@H]1CC[C@H]2[C@@H]3CC[C@@H]4C[C@](CF)(OC)CC[C@]4(C)[C@H]3CC[C@]12C. The number of ether oxygens (including phenoxy) is 2. The highest BCUT2D eigenvalue weighted by molar-refractivity contribution is 5.11. The molecule has 174 valence electrons. The molecular formula is C26H44F2O2. The molecule has 0 radical (unpaired) electrons. The molecule has 0 aromatic carbocycles. The van der Waals surface area contributed by atoms with E-state index in [0.29, 0.717) is 22.7 Å². The van der Waals surface area contributed by atoms with E-state index in [1.807, 2.05) is 0 Å². The van der Waals surface area contributed by atoms with Gasteiger partial charge >= 0.3 is 0 Å². The van der Waals surface area contributed by atoms with E-state index in [9.17, 15) is 8.78 Å². The molecule has 10 atom stereocenters. The maximum atomic E-state index is 13.9. The second-order valence-corrected chi connectivity index (χ2v) is 11.9. The first-order valence-electron chi connectivity index (χ1n) is 12.5. The summed E-state index contributed by atoms with van der Waals surface area (Å²) in [5, 5.41) is 0. The summed E-state index contributed by atoms with van der Waals surface area (Å²) in [7, 11) is 3.36. The molecule has 0 N–H and O–H groups in total. The zero-order chi connectivity index (χ0) is 21.7. The van der Waals surface area contributed by atoms with Crippen LogP contribution in [-0.2, 0) is 9.47 Å². The van der Waals surface area contributed by atoms with Crippen LogP contribution >= 0.6 is 0 Å². The Labute approximate surface area is 182 Å². The zero-order valence-electron chi connectivity index (χ0n) is 19.9. The predicted molar refractivity (Wildman–Crippen MR) is 117 cm³/mol. The monoisotopic (exact) mass is 426 g/mol. The molecule has 4 saturated carbocycles. The topological polar surface area (TPSA) is 18.5 Å². The van der Waals surface area contributed by atoms with Crippen molar-refractivity contribution in [3.05, 3.63) is 0 Å². The Morgan fingerprint density at radius 2 is 1.63 bits per heavy atom. The van der Waals surface area contributed by atoms with Crippen molar-refractivity contribution in [1.82, 2.24) is 0 Å². The predicted octanol–water partition coefficient (Wildman–Crippen LogP) is 6.62. The second-order valence-electron chi connectivity index (χ2n) is 11.9. The average molecular weight is 427 g/mol. The molecule has 0 spiro atoms. The van der Waals surface area contributed by atoms with Gasteiger partial charge in [0.25, 0.3) is 0 Å². The minimum absolute atomic E-state index is 0.266. The largest absolute Gasteiger partial charge is 0.378 e. The summed E-state index contributed by atoms with van der Waals surface area (Å²) in [5.74, 6) is 3.74. The molecule has 4 aliphatic carbocycles. The standard InChI is InChI=1S/C26H44F2O2/c1-17(23(15-27)29-4)20-8-9-21-19-7-6-18-14-26(16-28,30-5)13-12-24(18,2)22(19)10-11-25(20,21)3/h17-23H,6-16H2,1-5H3/t17-,18+,19-,20+,21-,22-,23+,24-,25+,26+/m0/s1. The molecule has 0 aromatic rings. The maximum absolute atomic E-state index is 13.9. The van der Waals surface area contributed by atoms with Crippen molar-refractivity contribution in [1.29, 1.82) is 0 Å². The zero-order valence-corrected chi connectivity index (χ0v) is 19.9. The van der Waals surface area contributed by atoms with Crippen molar-refractivity contribution in [3.8, 4) is 0 Å². The van der Waals surface area contributed by atoms with Crippen LogP contribution in [0.1, 0.15) is 78.6 Å². The highest BCUT2D eigenvalue weighted by Gasteiger charge is 2.62. The summed E-state index contributed by atoms with van der Waals surface area (Å²) in [6.07, 6.45) is 10.2. The van der Waals surface area contributed by atoms with Gasteiger partial charge in [-0.2, -0.15) is 0 Å². The molecule has 4 fully saturated rings. The Balaban J connectivity index is 1.54. The number of halogens is 2. The van der Waals surface area contributed by atoms with Crippen LogP contribution in [0.5, 0.6) is 0 Å². The molecule has 4 aliphatic rings. The first-order valence-corrected chi connectivity index (χ1v) is 12.5. The lowest BCUT2D eigenvalue weighted by atomic mass is 9.43. The number of alkyl halides is 2. The van der Waals surface area contributed by atoms with Crippen LogP contribution in [0.15, 0.2) is 0 Å². The van der Waals surface area contributed by atoms with Crippen LogP contribution in [0.4, 0.5) is 8.78 Å². The first kappa shape index (κ1) is 23.0. The molecular weight excluding hydrogens is 382 g/mol. The number of rotatable bonds is 6. The molecule has 0 unspecified atom stereocenters. The van der Waals surface area contributed by atoms with Gasteiger partial charge in [0.15, 0.2) is 0 Å². The fourth-order valence-electron chi connectivity index (χ4n) is 9.25. The van der Waals surface area contributed by atoms with E-state index in [-0.39, 0.29) is 25.4 Å². The Hall–Kier alpha value is -0.220. The smallest absolute Gasteiger partial charge is 0.118 e. The van der Waals surface area contributed by atoms with Gasteiger partial charge in [-0.05, 0) is 104 Å². The third kappa shape index (κ3) is 3.29. The van der Waals surface area contributed by atoms with E-state index in [0.717, 1.165) is 37.0 Å². The van der Waals surface area contributed by atoms with E-state index in [2.05, 4.69) is 20.8 Å².